The lowest BCUT2D eigenvalue weighted by atomic mass is 9.47. The summed E-state index contributed by atoms with van der Waals surface area (Å²) in [4.78, 5) is 29.4. The van der Waals surface area contributed by atoms with Crippen LogP contribution in [-0.2, 0) is 21.3 Å². The quantitative estimate of drug-likeness (QED) is 0.335. The largest absolute Gasteiger partial charge is 0.493 e. The standard InChI is InChI=1S/C36H43NO9/c1-35(2,3)46-34(39)37-10-9-21-24(27(37)28-22-7-8-23(40-4)29(41-5)25(22)33(38)45-28)30(42-6)32-31(43-17-44-32)26(21)36-14-18-11-19(15-36)13-20(12-18)16-36/h7-8,18-20,27-28H,9-17H2,1-6H3/t18?,19?,20?,27-,28+,36?/m1/s1. The van der Waals surface area contributed by atoms with E-state index in [-0.39, 0.29) is 12.2 Å². The monoisotopic (exact) mass is 633 g/mol. The minimum absolute atomic E-state index is 0.0254. The van der Waals surface area contributed by atoms with E-state index < -0.39 is 29.8 Å². The van der Waals surface area contributed by atoms with Gasteiger partial charge in [-0.05, 0) is 95.1 Å². The van der Waals surface area contributed by atoms with E-state index in [1.54, 1.807) is 18.1 Å². The third kappa shape index (κ3) is 4.27. The van der Waals surface area contributed by atoms with E-state index in [1.807, 2.05) is 26.8 Å². The SMILES string of the molecule is COc1ccc2c(c1OC)C(=O)O[C@@H]2[C@H]1c2c(c(C34CC5CC(CC(C5)C3)C4)c3c(c2OC)OCO3)CCN1C(=O)OC(C)(C)C. The summed E-state index contributed by atoms with van der Waals surface area (Å²) in [6, 6.07) is 2.85. The van der Waals surface area contributed by atoms with Gasteiger partial charge in [0.25, 0.3) is 0 Å². The van der Waals surface area contributed by atoms with E-state index >= 15 is 0 Å². The van der Waals surface area contributed by atoms with Crippen molar-refractivity contribution in [3.8, 4) is 28.7 Å². The summed E-state index contributed by atoms with van der Waals surface area (Å²) in [5.41, 5.74) is 3.30. The molecule has 46 heavy (non-hydrogen) atoms. The Hall–Kier alpha value is -3.82. The molecule has 0 radical (unpaired) electrons. The van der Waals surface area contributed by atoms with Gasteiger partial charge in [-0.25, -0.2) is 9.59 Å². The molecule has 0 N–H and O–H groups in total. The Morgan fingerprint density at radius 1 is 0.913 bits per heavy atom. The first kappa shape index (κ1) is 29.6. The zero-order chi connectivity index (χ0) is 32.1. The van der Waals surface area contributed by atoms with Gasteiger partial charge in [0.15, 0.2) is 29.1 Å². The lowest BCUT2D eigenvalue weighted by Crippen LogP contribution is -2.50. The third-order valence-corrected chi connectivity index (χ3v) is 11.2. The molecule has 3 heterocycles. The van der Waals surface area contributed by atoms with Gasteiger partial charge in [0, 0.05) is 28.7 Å². The highest BCUT2D eigenvalue weighted by Gasteiger charge is 2.57. The molecule has 4 bridgehead atoms. The van der Waals surface area contributed by atoms with E-state index in [0.717, 1.165) is 36.1 Å². The van der Waals surface area contributed by atoms with Gasteiger partial charge in [-0.15, -0.1) is 0 Å². The Bertz CT molecular complexity index is 1590. The number of hydrogen-bond donors (Lipinski definition) is 0. The Morgan fingerprint density at radius 3 is 2.17 bits per heavy atom. The number of carbonyl (C=O) groups excluding carboxylic acids is 2. The third-order valence-electron chi connectivity index (χ3n) is 11.2. The molecule has 0 unspecified atom stereocenters. The van der Waals surface area contributed by atoms with Crippen LogP contribution in [0, 0.1) is 17.8 Å². The smallest absolute Gasteiger partial charge is 0.410 e. The number of amides is 1. The van der Waals surface area contributed by atoms with Gasteiger partial charge < -0.3 is 33.2 Å². The maximum Gasteiger partial charge on any atom is 0.410 e. The molecule has 0 saturated heterocycles. The van der Waals surface area contributed by atoms with Crippen molar-refractivity contribution in [3.63, 3.8) is 0 Å². The van der Waals surface area contributed by atoms with Crippen LogP contribution in [0.15, 0.2) is 12.1 Å². The first-order valence-electron chi connectivity index (χ1n) is 16.5. The maximum atomic E-state index is 14.1. The van der Waals surface area contributed by atoms with Gasteiger partial charge in [0.05, 0.1) is 21.3 Å². The summed E-state index contributed by atoms with van der Waals surface area (Å²) in [5.74, 6) is 4.21. The summed E-state index contributed by atoms with van der Waals surface area (Å²) >= 11 is 0. The second-order valence-corrected chi connectivity index (χ2v) is 15.0. The van der Waals surface area contributed by atoms with Crippen LogP contribution in [0.5, 0.6) is 28.7 Å². The summed E-state index contributed by atoms with van der Waals surface area (Å²) < 4.78 is 42.1. The molecule has 0 spiro atoms. The number of hydrogen-bond acceptors (Lipinski definition) is 9. The van der Waals surface area contributed by atoms with Gasteiger partial charge >= 0.3 is 12.1 Å². The average molecular weight is 634 g/mol. The fourth-order valence-corrected chi connectivity index (χ4v) is 10.1. The van der Waals surface area contributed by atoms with E-state index in [2.05, 4.69) is 0 Å². The molecule has 4 aliphatic carbocycles. The molecule has 10 heteroatoms. The van der Waals surface area contributed by atoms with Crippen molar-refractivity contribution in [2.24, 2.45) is 17.8 Å². The molecule has 3 aliphatic heterocycles. The molecule has 7 aliphatic rings. The van der Waals surface area contributed by atoms with Crippen molar-refractivity contribution in [2.75, 3.05) is 34.7 Å². The normalized spacial score (nSPS) is 30.1. The first-order chi connectivity index (χ1) is 22.1. The van der Waals surface area contributed by atoms with Crippen LogP contribution in [0.4, 0.5) is 4.79 Å². The van der Waals surface area contributed by atoms with Gasteiger partial charge in [-0.1, -0.05) is 6.07 Å². The number of rotatable bonds is 5. The van der Waals surface area contributed by atoms with E-state index in [1.165, 1.54) is 39.0 Å². The topological polar surface area (TPSA) is 102 Å². The van der Waals surface area contributed by atoms with Crippen molar-refractivity contribution in [1.82, 2.24) is 4.90 Å². The molecule has 1 amide bonds. The van der Waals surface area contributed by atoms with Crippen molar-refractivity contribution < 1.29 is 42.7 Å². The Kier molecular flexibility index (Phi) is 6.65. The minimum Gasteiger partial charge on any atom is -0.493 e. The second kappa shape index (κ2) is 10.3. The van der Waals surface area contributed by atoms with Crippen molar-refractivity contribution in [3.05, 3.63) is 39.9 Å². The molecule has 4 fully saturated rings. The first-order valence-corrected chi connectivity index (χ1v) is 16.5. The van der Waals surface area contributed by atoms with Crippen molar-refractivity contribution >= 4 is 12.1 Å². The fraction of sp³-hybridized carbons (Fsp3) is 0.611. The summed E-state index contributed by atoms with van der Waals surface area (Å²) in [6.45, 7) is 6.04. The van der Waals surface area contributed by atoms with Crippen LogP contribution >= 0.6 is 0 Å². The molecule has 9 rings (SSSR count). The highest BCUT2D eigenvalue weighted by molar-refractivity contribution is 5.98. The predicted octanol–water partition coefficient (Wildman–Crippen LogP) is 6.65. The van der Waals surface area contributed by atoms with Crippen molar-refractivity contribution in [1.29, 1.82) is 0 Å². The molecule has 2 atom stereocenters. The van der Waals surface area contributed by atoms with Crippen LogP contribution in [0.1, 0.15) is 104 Å². The highest BCUT2D eigenvalue weighted by atomic mass is 16.7. The number of cyclic esters (lactones) is 1. The Balaban J connectivity index is 1.36. The molecule has 10 nitrogen and oxygen atoms in total. The number of carbonyl (C=O) groups is 2. The van der Waals surface area contributed by atoms with E-state index in [4.69, 9.17) is 33.2 Å². The molecular weight excluding hydrogens is 590 g/mol. The average Bonchev–Trinajstić information content (AvgIpc) is 3.61. The number of methoxy groups -OCH3 is 3. The Labute approximate surface area is 269 Å². The Morgan fingerprint density at radius 2 is 1.57 bits per heavy atom. The second-order valence-electron chi connectivity index (χ2n) is 15.0. The van der Waals surface area contributed by atoms with Gasteiger partial charge in [0.2, 0.25) is 12.5 Å². The van der Waals surface area contributed by atoms with Crippen LogP contribution in [0.25, 0.3) is 0 Å². The number of benzene rings is 2. The van der Waals surface area contributed by atoms with Gasteiger partial charge in [-0.3, -0.25) is 4.90 Å². The highest BCUT2D eigenvalue weighted by Crippen LogP contribution is 2.66. The lowest BCUT2D eigenvalue weighted by molar-refractivity contribution is -0.0208. The fourth-order valence-electron chi connectivity index (χ4n) is 10.1. The maximum absolute atomic E-state index is 14.1. The molecular formula is C36H43NO9. The summed E-state index contributed by atoms with van der Waals surface area (Å²) in [5, 5.41) is 0. The molecule has 2 aromatic carbocycles. The number of fused-ring (bicyclic) bond motifs is 3. The minimum atomic E-state index is -0.854. The van der Waals surface area contributed by atoms with Crippen LogP contribution in [-0.4, -0.2) is 57.2 Å². The predicted molar refractivity (Wildman–Crippen MR) is 166 cm³/mol. The molecule has 0 aromatic heterocycles. The number of ether oxygens (including phenoxy) is 7. The number of esters is 1. The van der Waals surface area contributed by atoms with Crippen LogP contribution in [0.2, 0.25) is 0 Å². The lowest BCUT2D eigenvalue weighted by Gasteiger charge is -2.58. The number of nitrogens with zero attached hydrogens (tertiary/aromatic N) is 1. The molecule has 4 saturated carbocycles. The van der Waals surface area contributed by atoms with Gasteiger partial charge in [0.1, 0.15) is 17.2 Å². The molecule has 246 valence electrons. The zero-order valence-electron chi connectivity index (χ0n) is 27.5. The van der Waals surface area contributed by atoms with E-state index in [0.29, 0.717) is 64.8 Å². The van der Waals surface area contributed by atoms with Gasteiger partial charge in [-0.2, -0.15) is 0 Å². The van der Waals surface area contributed by atoms with E-state index in [9.17, 15) is 9.59 Å². The summed E-state index contributed by atoms with van der Waals surface area (Å²) in [6.07, 6.45) is 6.58. The summed E-state index contributed by atoms with van der Waals surface area (Å²) in [7, 11) is 4.65. The van der Waals surface area contributed by atoms with Crippen LogP contribution in [0.3, 0.4) is 0 Å². The van der Waals surface area contributed by atoms with Crippen molar-refractivity contribution in [2.45, 2.75) is 88.9 Å². The molecule has 2 aromatic rings. The van der Waals surface area contributed by atoms with Crippen LogP contribution < -0.4 is 23.7 Å². The zero-order valence-corrected chi connectivity index (χ0v) is 27.5.